The van der Waals surface area contributed by atoms with Gasteiger partial charge in [0.05, 0.1) is 5.69 Å². The van der Waals surface area contributed by atoms with Gasteiger partial charge in [0.1, 0.15) is 6.20 Å². The zero-order valence-corrected chi connectivity index (χ0v) is 5.42. The molecule has 0 amide bonds. The molecule has 0 unspecified atom stereocenters. The standard InChI is InChI=1S/C6H7N3/c1-5-4-8-6(7-2)9(5)3/h4H,1,3H3. The maximum Gasteiger partial charge on any atom is 0.338 e. The lowest BCUT2D eigenvalue weighted by molar-refractivity contribution is 0.894. The highest BCUT2D eigenvalue weighted by Gasteiger charge is 2.00. The van der Waals surface area contributed by atoms with E-state index in [0.29, 0.717) is 5.95 Å². The Balaban J connectivity index is 3.24. The molecule has 0 aliphatic rings. The molecule has 46 valence electrons. The van der Waals surface area contributed by atoms with Gasteiger partial charge in [0.25, 0.3) is 0 Å². The number of nitrogens with zero attached hydrogens (tertiary/aromatic N) is 3. The van der Waals surface area contributed by atoms with E-state index in [2.05, 4.69) is 9.83 Å². The zero-order chi connectivity index (χ0) is 6.85. The second-order valence-corrected chi connectivity index (χ2v) is 1.87. The Morgan fingerprint density at radius 1 is 1.78 bits per heavy atom. The summed E-state index contributed by atoms with van der Waals surface area (Å²) in [6.07, 6.45) is 1.69. The van der Waals surface area contributed by atoms with Crippen molar-refractivity contribution in [3.8, 4) is 0 Å². The molecule has 1 aromatic heterocycles. The topological polar surface area (TPSA) is 22.2 Å². The fourth-order valence-corrected chi connectivity index (χ4v) is 0.586. The molecule has 0 spiro atoms. The molecule has 3 heteroatoms. The molecular weight excluding hydrogens is 114 g/mol. The van der Waals surface area contributed by atoms with Crippen LogP contribution in [0.4, 0.5) is 5.95 Å². The minimum atomic E-state index is 0.451. The predicted octanol–water partition coefficient (Wildman–Crippen LogP) is 1.28. The molecule has 0 saturated carbocycles. The van der Waals surface area contributed by atoms with Crippen molar-refractivity contribution in [3.05, 3.63) is 23.3 Å². The fourth-order valence-electron chi connectivity index (χ4n) is 0.586. The molecule has 0 bridgehead atoms. The van der Waals surface area contributed by atoms with Gasteiger partial charge >= 0.3 is 5.95 Å². The Labute approximate surface area is 53.8 Å². The molecule has 1 aromatic rings. The highest BCUT2D eigenvalue weighted by molar-refractivity contribution is 5.28. The smallest absolute Gasteiger partial charge is 0.338 e. The van der Waals surface area contributed by atoms with Crippen LogP contribution in [0.25, 0.3) is 4.85 Å². The number of hydrogen-bond acceptors (Lipinski definition) is 1. The molecule has 0 atom stereocenters. The molecule has 0 saturated heterocycles. The van der Waals surface area contributed by atoms with E-state index in [1.54, 1.807) is 10.8 Å². The Bertz CT molecular complexity index is 254. The first-order valence-electron chi connectivity index (χ1n) is 2.61. The maximum absolute atomic E-state index is 6.64. The summed E-state index contributed by atoms with van der Waals surface area (Å²) in [6.45, 7) is 8.56. The molecule has 0 radical (unpaired) electrons. The summed E-state index contributed by atoms with van der Waals surface area (Å²) < 4.78 is 1.76. The molecule has 0 aromatic carbocycles. The number of rotatable bonds is 0. The van der Waals surface area contributed by atoms with Gasteiger partial charge in [0.15, 0.2) is 0 Å². The van der Waals surface area contributed by atoms with Crippen molar-refractivity contribution in [1.29, 1.82) is 0 Å². The predicted molar refractivity (Wildman–Crippen MR) is 34.2 cm³/mol. The van der Waals surface area contributed by atoms with E-state index in [1.165, 1.54) is 0 Å². The second kappa shape index (κ2) is 1.90. The number of aromatic nitrogens is 2. The third kappa shape index (κ3) is 0.789. The van der Waals surface area contributed by atoms with Crippen molar-refractivity contribution in [1.82, 2.24) is 9.55 Å². The Morgan fingerprint density at radius 3 is 2.67 bits per heavy atom. The van der Waals surface area contributed by atoms with Gasteiger partial charge in [-0.2, -0.15) is 4.98 Å². The van der Waals surface area contributed by atoms with Gasteiger partial charge in [-0.25, -0.2) is 0 Å². The molecule has 0 aliphatic carbocycles. The number of hydrogen-bond donors (Lipinski definition) is 0. The van der Waals surface area contributed by atoms with Gasteiger partial charge in [-0.3, -0.25) is 4.57 Å². The van der Waals surface area contributed by atoms with Gasteiger partial charge in [-0.15, -0.1) is 6.57 Å². The second-order valence-electron chi connectivity index (χ2n) is 1.87. The molecule has 1 heterocycles. The van der Waals surface area contributed by atoms with Crippen LogP contribution in [0.2, 0.25) is 0 Å². The van der Waals surface area contributed by atoms with E-state index < -0.39 is 0 Å². The summed E-state index contributed by atoms with van der Waals surface area (Å²) in [6, 6.07) is 0. The van der Waals surface area contributed by atoms with E-state index in [0.717, 1.165) is 5.69 Å². The molecule has 1 rings (SSSR count). The summed E-state index contributed by atoms with van der Waals surface area (Å²) in [7, 11) is 1.83. The zero-order valence-electron chi connectivity index (χ0n) is 5.42. The lowest BCUT2D eigenvalue weighted by Crippen LogP contribution is -1.87. The van der Waals surface area contributed by atoms with E-state index in [1.807, 2.05) is 14.0 Å². The van der Waals surface area contributed by atoms with Gasteiger partial charge in [-0.1, -0.05) is 0 Å². The largest absolute Gasteiger partial charge is 0.397 e. The molecule has 0 fully saturated rings. The van der Waals surface area contributed by atoms with Crippen LogP contribution in [0.1, 0.15) is 5.69 Å². The van der Waals surface area contributed by atoms with Gasteiger partial charge in [0.2, 0.25) is 0 Å². The van der Waals surface area contributed by atoms with Crippen LogP contribution in [0.15, 0.2) is 6.20 Å². The van der Waals surface area contributed by atoms with Crippen molar-refractivity contribution >= 4 is 5.95 Å². The van der Waals surface area contributed by atoms with Crippen molar-refractivity contribution in [2.75, 3.05) is 0 Å². The van der Waals surface area contributed by atoms with Crippen molar-refractivity contribution in [2.24, 2.45) is 7.05 Å². The molecule has 0 aliphatic heterocycles. The third-order valence-electron chi connectivity index (χ3n) is 1.30. The van der Waals surface area contributed by atoms with E-state index in [-0.39, 0.29) is 0 Å². The quantitative estimate of drug-likeness (QED) is 0.474. The highest BCUT2D eigenvalue weighted by atomic mass is 15.1. The number of imidazole rings is 1. The van der Waals surface area contributed by atoms with Crippen LogP contribution in [-0.2, 0) is 7.05 Å². The average molecular weight is 121 g/mol. The molecule has 0 N–H and O–H groups in total. The Kier molecular flexibility index (Phi) is 1.23. The van der Waals surface area contributed by atoms with Gasteiger partial charge in [-0.05, 0) is 6.92 Å². The van der Waals surface area contributed by atoms with Crippen LogP contribution < -0.4 is 0 Å². The van der Waals surface area contributed by atoms with Crippen LogP contribution in [0, 0.1) is 13.5 Å². The van der Waals surface area contributed by atoms with Gasteiger partial charge in [0, 0.05) is 7.05 Å². The lowest BCUT2D eigenvalue weighted by atomic mass is 10.5. The van der Waals surface area contributed by atoms with Crippen LogP contribution in [-0.4, -0.2) is 9.55 Å². The minimum Gasteiger partial charge on any atom is -0.397 e. The summed E-state index contributed by atoms with van der Waals surface area (Å²) >= 11 is 0. The first-order chi connectivity index (χ1) is 4.25. The van der Waals surface area contributed by atoms with E-state index in [4.69, 9.17) is 6.57 Å². The van der Waals surface area contributed by atoms with Crippen LogP contribution in [0.3, 0.4) is 0 Å². The minimum absolute atomic E-state index is 0.451. The Hall–Kier alpha value is -1.30. The first kappa shape index (κ1) is 5.83. The molecule has 9 heavy (non-hydrogen) atoms. The monoisotopic (exact) mass is 121 g/mol. The van der Waals surface area contributed by atoms with Crippen molar-refractivity contribution < 1.29 is 0 Å². The van der Waals surface area contributed by atoms with Gasteiger partial charge < -0.3 is 4.85 Å². The first-order valence-corrected chi connectivity index (χ1v) is 2.61. The summed E-state index contributed by atoms with van der Waals surface area (Å²) in [5.41, 5.74) is 1.01. The summed E-state index contributed by atoms with van der Waals surface area (Å²) in [4.78, 5) is 7.04. The van der Waals surface area contributed by atoms with E-state index in [9.17, 15) is 0 Å². The van der Waals surface area contributed by atoms with Crippen molar-refractivity contribution in [3.63, 3.8) is 0 Å². The van der Waals surface area contributed by atoms with Crippen molar-refractivity contribution in [2.45, 2.75) is 6.92 Å². The Morgan fingerprint density at radius 2 is 2.44 bits per heavy atom. The van der Waals surface area contributed by atoms with E-state index >= 15 is 0 Å². The number of aryl methyl sites for hydroxylation is 1. The normalized spacial score (nSPS) is 9.00. The van der Waals surface area contributed by atoms with Crippen LogP contribution >= 0.6 is 0 Å². The third-order valence-corrected chi connectivity index (χ3v) is 1.30. The lowest BCUT2D eigenvalue weighted by Gasteiger charge is -1.90. The fraction of sp³-hybridized carbons (Fsp3) is 0.333. The summed E-state index contributed by atoms with van der Waals surface area (Å²) in [5, 5.41) is 0. The SMILES string of the molecule is [C-]#[N+]c1ncc(C)n1C. The van der Waals surface area contributed by atoms with Crippen LogP contribution in [0.5, 0.6) is 0 Å². The highest BCUT2D eigenvalue weighted by Crippen LogP contribution is 2.08. The average Bonchev–Trinajstić information content (AvgIpc) is 2.15. The summed E-state index contributed by atoms with van der Waals surface area (Å²) in [5.74, 6) is 0.451. The molecule has 3 nitrogen and oxygen atoms in total. The molecular formula is C6H7N3. The maximum atomic E-state index is 6.64.